The summed E-state index contributed by atoms with van der Waals surface area (Å²) >= 11 is 0. The first kappa shape index (κ1) is 13.7. The normalized spacial score (nSPS) is 23.3. The zero-order valence-electron chi connectivity index (χ0n) is 10.00. The minimum absolute atomic E-state index is 0.0650. The van der Waals surface area contributed by atoms with E-state index in [0.717, 1.165) is 0 Å². The monoisotopic (exact) mass is 274 g/mol. The lowest BCUT2D eigenvalue weighted by Crippen LogP contribution is -2.52. The predicted octanol–water partition coefficient (Wildman–Crippen LogP) is 0.635. The molecule has 0 bridgehead atoms. The van der Waals surface area contributed by atoms with Crippen LogP contribution in [0.4, 0.5) is 13.2 Å². The number of nitrogens with one attached hydrogen (secondary N) is 2. The highest BCUT2D eigenvalue weighted by molar-refractivity contribution is 5.84. The van der Waals surface area contributed by atoms with Crippen molar-refractivity contribution in [3.05, 3.63) is 24.0 Å². The second-order valence-corrected chi connectivity index (χ2v) is 4.40. The fourth-order valence-electron chi connectivity index (χ4n) is 2.02. The zero-order chi connectivity index (χ0) is 13.9. The number of rotatable bonds is 3. The third-order valence-corrected chi connectivity index (χ3v) is 3.19. The lowest BCUT2D eigenvalue weighted by Gasteiger charge is -2.29. The summed E-state index contributed by atoms with van der Waals surface area (Å²) in [7, 11) is 0. The Morgan fingerprint density at radius 3 is 2.84 bits per heavy atom. The third-order valence-electron chi connectivity index (χ3n) is 3.19. The molecular formula is C11H13F3N4O. The standard InChI is InChI=1S/C11H13F3N4O/c12-11(13,14)10(3-5-15-7-10)9(19)16-6-8-2-1-4-17-18-8/h1-2,4,15H,3,5-7H2,(H,16,19). The smallest absolute Gasteiger partial charge is 0.350 e. The van der Waals surface area contributed by atoms with Crippen LogP contribution in [0.25, 0.3) is 0 Å². The van der Waals surface area contributed by atoms with Gasteiger partial charge in [-0.3, -0.25) is 4.79 Å². The van der Waals surface area contributed by atoms with E-state index in [1.54, 1.807) is 12.1 Å². The molecule has 0 spiro atoms. The van der Waals surface area contributed by atoms with Crippen LogP contribution < -0.4 is 10.6 Å². The highest BCUT2D eigenvalue weighted by Gasteiger charge is 2.61. The molecule has 2 heterocycles. The quantitative estimate of drug-likeness (QED) is 0.848. The van der Waals surface area contributed by atoms with Crippen molar-refractivity contribution in [1.29, 1.82) is 0 Å². The van der Waals surface area contributed by atoms with E-state index in [-0.39, 0.29) is 26.1 Å². The summed E-state index contributed by atoms with van der Waals surface area (Å²) < 4.78 is 39.2. The van der Waals surface area contributed by atoms with Crippen LogP contribution in [0, 0.1) is 5.41 Å². The zero-order valence-corrected chi connectivity index (χ0v) is 10.00. The number of aromatic nitrogens is 2. The first-order valence-corrected chi connectivity index (χ1v) is 5.78. The van der Waals surface area contributed by atoms with E-state index < -0.39 is 17.5 Å². The van der Waals surface area contributed by atoms with Gasteiger partial charge in [0.2, 0.25) is 5.91 Å². The molecule has 0 radical (unpaired) electrons. The minimum atomic E-state index is -4.57. The Balaban J connectivity index is 2.05. The number of nitrogens with zero attached hydrogens (tertiary/aromatic N) is 2. The van der Waals surface area contributed by atoms with E-state index in [9.17, 15) is 18.0 Å². The van der Waals surface area contributed by atoms with E-state index in [1.807, 2.05) is 0 Å². The van der Waals surface area contributed by atoms with Gasteiger partial charge in [-0.25, -0.2) is 0 Å². The minimum Gasteiger partial charge on any atom is -0.350 e. The van der Waals surface area contributed by atoms with Gasteiger partial charge in [-0.1, -0.05) is 0 Å². The molecule has 8 heteroatoms. The SMILES string of the molecule is O=C(NCc1cccnn1)C1(C(F)(F)F)CCNC1. The number of hydrogen-bond acceptors (Lipinski definition) is 4. The summed E-state index contributed by atoms with van der Waals surface area (Å²) in [4.78, 5) is 11.9. The number of halogens is 3. The molecule has 1 amide bonds. The van der Waals surface area contributed by atoms with Gasteiger partial charge in [0.15, 0.2) is 5.41 Å². The maximum absolute atomic E-state index is 13.1. The number of amides is 1. The number of alkyl halides is 3. The lowest BCUT2D eigenvalue weighted by molar-refractivity contribution is -0.216. The fourth-order valence-corrected chi connectivity index (χ4v) is 2.02. The molecule has 1 aliphatic heterocycles. The molecule has 5 nitrogen and oxygen atoms in total. The van der Waals surface area contributed by atoms with E-state index in [4.69, 9.17) is 0 Å². The molecule has 1 saturated heterocycles. The van der Waals surface area contributed by atoms with Gasteiger partial charge in [-0.2, -0.15) is 23.4 Å². The Labute approximate surface area is 107 Å². The van der Waals surface area contributed by atoms with Crippen molar-refractivity contribution >= 4 is 5.91 Å². The van der Waals surface area contributed by atoms with Crippen LogP contribution in [-0.2, 0) is 11.3 Å². The number of hydrogen-bond donors (Lipinski definition) is 2. The summed E-state index contributed by atoms with van der Waals surface area (Å²) in [5.41, 5.74) is -1.92. The summed E-state index contributed by atoms with van der Waals surface area (Å²) in [6.07, 6.45) is -3.37. The Hall–Kier alpha value is -1.70. The van der Waals surface area contributed by atoms with Crippen molar-refractivity contribution in [3.63, 3.8) is 0 Å². The maximum atomic E-state index is 13.1. The van der Waals surface area contributed by atoms with Crippen LogP contribution in [-0.4, -0.2) is 35.4 Å². The van der Waals surface area contributed by atoms with Gasteiger partial charge >= 0.3 is 6.18 Å². The van der Waals surface area contributed by atoms with Crippen molar-refractivity contribution in [2.75, 3.05) is 13.1 Å². The van der Waals surface area contributed by atoms with Crippen LogP contribution in [0.5, 0.6) is 0 Å². The van der Waals surface area contributed by atoms with Crippen LogP contribution >= 0.6 is 0 Å². The molecular weight excluding hydrogens is 261 g/mol. The predicted molar refractivity (Wildman–Crippen MR) is 59.9 cm³/mol. The largest absolute Gasteiger partial charge is 0.404 e. The molecule has 1 aromatic rings. The van der Waals surface area contributed by atoms with Gasteiger partial charge in [0.05, 0.1) is 12.2 Å². The van der Waals surface area contributed by atoms with E-state index >= 15 is 0 Å². The highest BCUT2D eigenvalue weighted by Crippen LogP contribution is 2.43. The summed E-state index contributed by atoms with van der Waals surface area (Å²) in [6, 6.07) is 3.19. The van der Waals surface area contributed by atoms with Crippen LogP contribution in [0.1, 0.15) is 12.1 Å². The first-order chi connectivity index (χ1) is 8.96. The van der Waals surface area contributed by atoms with E-state index in [0.29, 0.717) is 5.69 Å². The molecule has 1 aromatic heterocycles. The maximum Gasteiger partial charge on any atom is 0.404 e. The van der Waals surface area contributed by atoms with Crippen molar-refractivity contribution in [1.82, 2.24) is 20.8 Å². The van der Waals surface area contributed by atoms with Crippen molar-refractivity contribution in [2.45, 2.75) is 19.1 Å². The molecule has 2 rings (SSSR count). The molecule has 1 aliphatic rings. The highest BCUT2D eigenvalue weighted by atomic mass is 19.4. The van der Waals surface area contributed by atoms with Gasteiger partial charge < -0.3 is 10.6 Å². The molecule has 1 atom stereocenters. The Bertz CT molecular complexity index is 443. The lowest BCUT2D eigenvalue weighted by atomic mass is 9.85. The van der Waals surface area contributed by atoms with Gasteiger partial charge in [0.25, 0.3) is 0 Å². The third kappa shape index (κ3) is 2.67. The van der Waals surface area contributed by atoms with Crippen LogP contribution in [0.15, 0.2) is 18.3 Å². The summed E-state index contributed by atoms with van der Waals surface area (Å²) in [5, 5.41) is 12.2. The van der Waals surface area contributed by atoms with Gasteiger partial charge in [0, 0.05) is 12.7 Å². The summed E-state index contributed by atoms with van der Waals surface area (Å²) in [6.45, 7) is -0.272. The van der Waals surface area contributed by atoms with Crippen LogP contribution in [0.2, 0.25) is 0 Å². The average molecular weight is 274 g/mol. The van der Waals surface area contributed by atoms with Gasteiger partial charge in [-0.05, 0) is 25.1 Å². The van der Waals surface area contributed by atoms with Crippen LogP contribution in [0.3, 0.4) is 0 Å². The van der Waals surface area contributed by atoms with Gasteiger partial charge in [-0.15, -0.1) is 0 Å². The molecule has 0 saturated carbocycles. The van der Waals surface area contributed by atoms with Crippen molar-refractivity contribution in [3.8, 4) is 0 Å². The average Bonchev–Trinajstić information content (AvgIpc) is 2.87. The van der Waals surface area contributed by atoms with Crippen molar-refractivity contribution in [2.24, 2.45) is 5.41 Å². The topological polar surface area (TPSA) is 66.9 Å². The molecule has 0 aromatic carbocycles. The fraction of sp³-hybridized carbons (Fsp3) is 0.545. The van der Waals surface area contributed by atoms with E-state index in [2.05, 4.69) is 20.8 Å². The molecule has 1 unspecified atom stereocenters. The molecule has 104 valence electrons. The first-order valence-electron chi connectivity index (χ1n) is 5.78. The number of carbonyl (C=O) groups is 1. The second kappa shape index (κ2) is 5.12. The number of carbonyl (C=O) groups excluding carboxylic acids is 1. The summed E-state index contributed by atoms with van der Waals surface area (Å²) in [5.74, 6) is -1.02. The van der Waals surface area contributed by atoms with Gasteiger partial charge in [0.1, 0.15) is 0 Å². The second-order valence-electron chi connectivity index (χ2n) is 4.40. The van der Waals surface area contributed by atoms with E-state index in [1.165, 1.54) is 6.20 Å². The Morgan fingerprint density at radius 1 is 1.53 bits per heavy atom. The Morgan fingerprint density at radius 2 is 2.32 bits per heavy atom. The molecule has 19 heavy (non-hydrogen) atoms. The van der Waals surface area contributed by atoms with Crippen molar-refractivity contribution < 1.29 is 18.0 Å². The molecule has 1 fully saturated rings. The molecule has 2 N–H and O–H groups in total. The molecule has 0 aliphatic carbocycles. The Kier molecular flexibility index (Phi) is 3.70.